The number of anilines is 1. The number of benzene rings is 1. The molecule has 106 valence electrons. The summed E-state index contributed by atoms with van der Waals surface area (Å²) in [7, 11) is 0. The van der Waals surface area contributed by atoms with Gasteiger partial charge in [-0.1, -0.05) is 38.1 Å². The van der Waals surface area contributed by atoms with Crippen molar-refractivity contribution < 1.29 is 9.32 Å². The second kappa shape index (κ2) is 5.12. The zero-order valence-corrected chi connectivity index (χ0v) is 12.6. The summed E-state index contributed by atoms with van der Waals surface area (Å²) in [5, 5.41) is 6.66. The third-order valence-electron chi connectivity index (χ3n) is 3.27. The molecule has 1 amide bonds. The number of nitrogens with zero attached hydrogens (tertiary/aromatic N) is 1. The summed E-state index contributed by atoms with van der Waals surface area (Å²) >= 11 is 0. The molecule has 20 heavy (non-hydrogen) atoms. The number of hydrogen-bond donors (Lipinski definition) is 1. The predicted octanol–water partition coefficient (Wildman–Crippen LogP) is 3.84. The van der Waals surface area contributed by atoms with Crippen molar-refractivity contribution in [2.24, 2.45) is 0 Å². The number of nitrogens with one attached hydrogen (secondary N) is 1. The van der Waals surface area contributed by atoms with Crippen LogP contribution in [0.2, 0.25) is 0 Å². The molecule has 0 atom stereocenters. The highest BCUT2D eigenvalue weighted by Crippen LogP contribution is 2.24. The van der Waals surface area contributed by atoms with Gasteiger partial charge in [0.25, 0.3) is 5.91 Å². The maximum absolute atomic E-state index is 12.2. The average Bonchev–Trinajstić information content (AvgIpc) is 2.68. The molecule has 1 N–H and O–H groups in total. The van der Waals surface area contributed by atoms with Crippen LogP contribution in [-0.4, -0.2) is 11.1 Å². The van der Waals surface area contributed by atoms with Crippen molar-refractivity contribution in [3.8, 4) is 0 Å². The molecule has 1 heterocycles. The lowest BCUT2D eigenvalue weighted by molar-refractivity contribution is 0.102. The molecule has 0 aliphatic carbocycles. The third-order valence-corrected chi connectivity index (χ3v) is 3.27. The maximum atomic E-state index is 12.2. The summed E-state index contributed by atoms with van der Waals surface area (Å²) in [6.07, 6.45) is 0. The van der Waals surface area contributed by atoms with Crippen LogP contribution < -0.4 is 5.32 Å². The fourth-order valence-electron chi connectivity index (χ4n) is 2.05. The molecule has 1 aromatic carbocycles. The largest absolute Gasteiger partial charge is 0.361 e. The van der Waals surface area contributed by atoms with Gasteiger partial charge in [-0.3, -0.25) is 4.79 Å². The Morgan fingerprint density at radius 2 is 1.75 bits per heavy atom. The molecule has 0 fully saturated rings. The first kappa shape index (κ1) is 14.3. The summed E-state index contributed by atoms with van der Waals surface area (Å²) in [6, 6.07) is 7.89. The summed E-state index contributed by atoms with van der Waals surface area (Å²) in [5.41, 5.74) is 3.21. The van der Waals surface area contributed by atoms with Gasteiger partial charge in [-0.25, -0.2) is 0 Å². The smallest absolute Gasteiger partial charge is 0.261 e. The number of amides is 1. The molecule has 1 aromatic heterocycles. The van der Waals surface area contributed by atoms with E-state index in [9.17, 15) is 4.79 Å². The molecule has 2 aromatic rings. The SMILES string of the molecule is Cc1noc(C)c1C(=O)Nc1ccc(C(C)(C)C)cc1. The highest BCUT2D eigenvalue weighted by atomic mass is 16.5. The van der Waals surface area contributed by atoms with E-state index in [1.54, 1.807) is 13.8 Å². The fraction of sp³-hybridized carbons (Fsp3) is 0.375. The van der Waals surface area contributed by atoms with Gasteiger partial charge >= 0.3 is 0 Å². The maximum Gasteiger partial charge on any atom is 0.261 e. The minimum Gasteiger partial charge on any atom is -0.361 e. The molecule has 0 saturated carbocycles. The van der Waals surface area contributed by atoms with Crippen molar-refractivity contribution in [3.63, 3.8) is 0 Å². The van der Waals surface area contributed by atoms with Crippen molar-refractivity contribution in [3.05, 3.63) is 46.8 Å². The number of rotatable bonds is 2. The molecule has 0 bridgehead atoms. The van der Waals surface area contributed by atoms with Crippen molar-refractivity contribution >= 4 is 11.6 Å². The van der Waals surface area contributed by atoms with E-state index in [1.807, 2.05) is 24.3 Å². The van der Waals surface area contributed by atoms with E-state index in [0.717, 1.165) is 5.69 Å². The van der Waals surface area contributed by atoms with Gasteiger partial charge in [-0.05, 0) is 37.0 Å². The number of hydrogen-bond acceptors (Lipinski definition) is 3. The molecule has 0 aliphatic heterocycles. The van der Waals surface area contributed by atoms with Crippen LogP contribution in [0, 0.1) is 13.8 Å². The van der Waals surface area contributed by atoms with Gasteiger partial charge in [-0.15, -0.1) is 0 Å². The van der Waals surface area contributed by atoms with Crippen LogP contribution in [0.15, 0.2) is 28.8 Å². The van der Waals surface area contributed by atoms with E-state index in [1.165, 1.54) is 5.56 Å². The molecule has 0 spiro atoms. The zero-order valence-electron chi connectivity index (χ0n) is 12.6. The van der Waals surface area contributed by atoms with Gasteiger partial charge in [0.15, 0.2) is 0 Å². The van der Waals surface area contributed by atoms with Gasteiger partial charge in [0, 0.05) is 5.69 Å². The Kier molecular flexibility index (Phi) is 3.66. The number of carbonyl (C=O) groups is 1. The molecule has 0 radical (unpaired) electrons. The van der Waals surface area contributed by atoms with Crippen LogP contribution in [0.1, 0.15) is 48.1 Å². The van der Waals surface area contributed by atoms with Crippen LogP contribution in [-0.2, 0) is 5.41 Å². The Labute approximate surface area is 119 Å². The van der Waals surface area contributed by atoms with E-state index in [-0.39, 0.29) is 11.3 Å². The van der Waals surface area contributed by atoms with E-state index in [0.29, 0.717) is 17.0 Å². The number of aryl methyl sites for hydroxylation is 2. The second-order valence-corrected chi connectivity index (χ2v) is 5.98. The quantitative estimate of drug-likeness (QED) is 0.903. The van der Waals surface area contributed by atoms with Crippen molar-refractivity contribution in [1.29, 1.82) is 0 Å². The lowest BCUT2D eigenvalue weighted by Gasteiger charge is -2.19. The Balaban J connectivity index is 2.17. The molecule has 4 nitrogen and oxygen atoms in total. The van der Waals surface area contributed by atoms with Crippen LogP contribution in [0.3, 0.4) is 0 Å². The van der Waals surface area contributed by atoms with E-state index in [2.05, 4.69) is 31.2 Å². The monoisotopic (exact) mass is 272 g/mol. The van der Waals surface area contributed by atoms with Crippen LogP contribution in [0.25, 0.3) is 0 Å². The standard InChI is InChI=1S/C16H20N2O2/c1-10-14(11(2)20-18-10)15(19)17-13-8-6-12(7-9-13)16(3,4)5/h6-9H,1-5H3,(H,17,19). The summed E-state index contributed by atoms with van der Waals surface area (Å²) in [4.78, 5) is 12.2. The Hall–Kier alpha value is -2.10. The third kappa shape index (κ3) is 2.90. The van der Waals surface area contributed by atoms with Crippen LogP contribution in [0.4, 0.5) is 5.69 Å². The van der Waals surface area contributed by atoms with Gasteiger partial charge in [0.1, 0.15) is 11.3 Å². The molecule has 0 saturated heterocycles. The summed E-state index contributed by atoms with van der Waals surface area (Å²) in [5.74, 6) is 0.344. The molecular formula is C16H20N2O2. The van der Waals surface area contributed by atoms with Crippen molar-refractivity contribution in [2.75, 3.05) is 5.32 Å². The van der Waals surface area contributed by atoms with Gasteiger partial charge in [0.2, 0.25) is 0 Å². The normalized spacial score (nSPS) is 11.4. The van der Waals surface area contributed by atoms with Crippen molar-refractivity contribution in [1.82, 2.24) is 5.16 Å². The zero-order chi connectivity index (χ0) is 14.9. The van der Waals surface area contributed by atoms with Gasteiger partial charge in [0.05, 0.1) is 5.69 Å². The summed E-state index contributed by atoms with van der Waals surface area (Å²) < 4.78 is 5.01. The Morgan fingerprint density at radius 3 is 2.20 bits per heavy atom. The highest BCUT2D eigenvalue weighted by Gasteiger charge is 2.18. The first-order valence-electron chi connectivity index (χ1n) is 6.64. The lowest BCUT2D eigenvalue weighted by Crippen LogP contribution is -2.14. The van der Waals surface area contributed by atoms with E-state index < -0.39 is 0 Å². The molecule has 2 rings (SSSR count). The van der Waals surface area contributed by atoms with E-state index in [4.69, 9.17) is 4.52 Å². The molecule has 0 aliphatic rings. The Bertz CT molecular complexity index is 599. The molecule has 4 heteroatoms. The van der Waals surface area contributed by atoms with Gasteiger partial charge < -0.3 is 9.84 Å². The first-order chi connectivity index (χ1) is 9.29. The number of aromatic nitrogens is 1. The lowest BCUT2D eigenvalue weighted by atomic mass is 9.87. The van der Waals surface area contributed by atoms with Gasteiger partial charge in [-0.2, -0.15) is 0 Å². The van der Waals surface area contributed by atoms with Crippen LogP contribution >= 0.6 is 0 Å². The van der Waals surface area contributed by atoms with E-state index >= 15 is 0 Å². The number of carbonyl (C=O) groups excluding carboxylic acids is 1. The first-order valence-corrected chi connectivity index (χ1v) is 6.64. The van der Waals surface area contributed by atoms with Crippen molar-refractivity contribution in [2.45, 2.75) is 40.0 Å². The summed E-state index contributed by atoms with van der Waals surface area (Å²) in [6.45, 7) is 9.96. The molecular weight excluding hydrogens is 252 g/mol. The fourth-order valence-corrected chi connectivity index (χ4v) is 2.05. The predicted molar refractivity (Wildman–Crippen MR) is 79.1 cm³/mol. The minimum absolute atomic E-state index is 0.101. The topological polar surface area (TPSA) is 55.1 Å². The minimum atomic E-state index is -0.190. The molecule has 0 unspecified atom stereocenters. The average molecular weight is 272 g/mol. The van der Waals surface area contributed by atoms with Crippen LogP contribution in [0.5, 0.6) is 0 Å². The highest BCUT2D eigenvalue weighted by molar-refractivity contribution is 6.05. The second-order valence-electron chi connectivity index (χ2n) is 5.98. The Morgan fingerprint density at radius 1 is 1.15 bits per heavy atom.